The van der Waals surface area contributed by atoms with Crippen molar-refractivity contribution in [1.82, 2.24) is 10.2 Å². The first-order chi connectivity index (χ1) is 13.0. The summed E-state index contributed by atoms with van der Waals surface area (Å²) < 4.78 is 5.15. The lowest BCUT2D eigenvalue weighted by Crippen LogP contribution is -2.43. The van der Waals surface area contributed by atoms with Crippen LogP contribution >= 0.6 is 23.5 Å². The van der Waals surface area contributed by atoms with E-state index in [1.54, 1.807) is 43.1 Å². The molecule has 1 aromatic carbocycles. The maximum atomic E-state index is 12.5. The first-order valence-electron chi connectivity index (χ1n) is 8.42. The minimum absolute atomic E-state index is 0.0123. The minimum atomic E-state index is -0.554. The maximum absolute atomic E-state index is 12.5. The quantitative estimate of drug-likeness (QED) is 0.692. The first-order valence-corrected chi connectivity index (χ1v) is 10.4. The van der Waals surface area contributed by atoms with Crippen molar-refractivity contribution in [2.24, 2.45) is 0 Å². The Hall–Kier alpha value is -1.97. The molecule has 2 saturated heterocycles. The van der Waals surface area contributed by atoms with Gasteiger partial charge >= 0.3 is 0 Å². The Kier molecular flexibility index (Phi) is 6.46. The van der Waals surface area contributed by atoms with Gasteiger partial charge in [0.05, 0.1) is 24.2 Å². The highest BCUT2D eigenvalue weighted by Crippen LogP contribution is 2.32. The lowest BCUT2D eigenvalue weighted by molar-refractivity contribution is -0.124. The first kappa shape index (κ1) is 19.8. The molecule has 7 nitrogen and oxygen atoms in total. The van der Waals surface area contributed by atoms with E-state index in [4.69, 9.17) is 4.74 Å². The van der Waals surface area contributed by atoms with Crippen LogP contribution in [0.4, 0.5) is 4.79 Å². The van der Waals surface area contributed by atoms with Gasteiger partial charge in [-0.25, -0.2) is 0 Å². The van der Waals surface area contributed by atoms with Gasteiger partial charge in [0.2, 0.25) is 5.91 Å². The molecule has 2 fully saturated rings. The van der Waals surface area contributed by atoms with Crippen molar-refractivity contribution in [3.05, 3.63) is 34.7 Å². The Balaban J connectivity index is 1.58. The van der Waals surface area contributed by atoms with Gasteiger partial charge in [-0.05, 0) is 35.5 Å². The van der Waals surface area contributed by atoms with Crippen LogP contribution in [0.15, 0.2) is 29.2 Å². The molecule has 0 aromatic heterocycles. The molecule has 0 unspecified atom stereocenters. The zero-order chi connectivity index (χ0) is 19.4. The molecule has 0 spiro atoms. The van der Waals surface area contributed by atoms with Crippen LogP contribution in [0.5, 0.6) is 5.75 Å². The van der Waals surface area contributed by atoms with Gasteiger partial charge in [-0.3, -0.25) is 19.3 Å². The summed E-state index contributed by atoms with van der Waals surface area (Å²) in [5, 5.41) is 12.1. The summed E-state index contributed by atoms with van der Waals surface area (Å²) >= 11 is 2.43. The molecule has 0 aliphatic carbocycles. The zero-order valence-electron chi connectivity index (χ0n) is 14.7. The fourth-order valence-electron chi connectivity index (χ4n) is 2.75. The van der Waals surface area contributed by atoms with E-state index >= 15 is 0 Å². The van der Waals surface area contributed by atoms with E-state index in [2.05, 4.69) is 5.32 Å². The van der Waals surface area contributed by atoms with Gasteiger partial charge in [0.15, 0.2) is 0 Å². The number of hydrogen-bond acceptors (Lipinski definition) is 7. The molecule has 27 heavy (non-hydrogen) atoms. The van der Waals surface area contributed by atoms with E-state index in [1.807, 2.05) is 6.07 Å². The summed E-state index contributed by atoms with van der Waals surface area (Å²) in [4.78, 5) is 38.1. The Labute approximate surface area is 165 Å². The van der Waals surface area contributed by atoms with Crippen molar-refractivity contribution in [2.45, 2.75) is 18.6 Å². The van der Waals surface area contributed by atoms with Crippen molar-refractivity contribution in [2.75, 3.05) is 25.2 Å². The molecule has 2 atom stereocenters. The van der Waals surface area contributed by atoms with Crippen LogP contribution in [0, 0.1) is 0 Å². The van der Waals surface area contributed by atoms with Crippen LogP contribution in [0.25, 0.3) is 6.08 Å². The number of amides is 3. The van der Waals surface area contributed by atoms with Crippen LogP contribution in [-0.2, 0) is 9.59 Å². The van der Waals surface area contributed by atoms with Gasteiger partial charge in [0.1, 0.15) is 5.75 Å². The minimum Gasteiger partial charge on any atom is -0.497 e. The predicted octanol–water partition coefficient (Wildman–Crippen LogP) is 1.71. The second-order valence-corrected chi connectivity index (χ2v) is 8.21. The molecule has 2 aliphatic rings. The van der Waals surface area contributed by atoms with Crippen molar-refractivity contribution in [3.63, 3.8) is 0 Å². The van der Waals surface area contributed by atoms with Crippen molar-refractivity contribution in [1.29, 1.82) is 0 Å². The summed E-state index contributed by atoms with van der Waals surface area (Å²) in [7, 11) is 1.56. The molecular weight excluding hydrogens is 388 g/mol. The Bertz CT molecular complexity index is 783. The highest BCUT2D eigenvalue weighted by molar-refractivity contribution is 8.18. The number of benzene rings is 1. The predicted molar refractivity (Wildman–Crippen MR) is 106 cm³/mol. The summed E-state index contributed by atoms with van der Waals surface area (Å²) in [6.45, 7) is 0.0158. The fourth-order valence-corrected chi connectivity index (χ4v) is 4.78. The molecule has 144 valence electrons. The zero-order valence-corrected chi connectivity index (χ0v) is 16.3. The molecule has 9 heteroatoms. The van der Waals surface area contributed by atoms with Gasteiger partial charge in [-0.1, -0.05) is 12.1 Å². The van der Waals surface area contributed by atoms with Gasteiger partial charge in [-0.2, -0.15) is 11.8 Å². The van der Waals surface area contributed by atoms with E-state index in [0.29, 0.717) is 22.2 Å². The van der Waals surface area contributed by atoms with E-state index in [1.165, 1.54) is 0 Å². The second kappa shape index (κ2) is 8.81. The smallest absolute Gasteiger partial charge is 0.293 e. The van der Waals surface area contributed by atoms with E-state index < -0.39 is 17.3 Å². The standard InChI is InChI=1S/C18H20N2O5S2/c1-25-12-4-2-3-11(7-12)8-15-17(23)20(18(24)27-15)6-5-16(22)19-13-9-26-10-14(13)21/h2-4,7-8,13-14,21H,5-6,9-10H2,1H3,(H,19,22)/b15-8+/t13-,14+/m1/s1. The molecule has 0 radical (unpaired) electrons. The summed E-state index contributed by atoms with van der Waals surface area (Å²) in [5.41, 5.74) is 0.755. The molecule has 2 aliphatic heterocycles. The Morgan fingerprint density at radius 3 is 2.93 bits per heavy atom. The fraction of sp³-hybridized carbons (Fsp3) is 0.389. The molecular formula is C18H20N2O5S2. The average molecular weight is 409 g/mol. The number of ether oxygens (including phenoxy) is 1. The normalized spacial score (nSPS) is 23.9. The van der Waals surface area contributed by atoms with Crippen LogP contribution in [0.1, 0.15) is 12.0 Å². The number of carbonyl (C=O) groups is 3. The van der Waals surface area contributed by atoms with Crippen molar-refractivity contribution >= 4 is 46.7 Å². The van der Waals surface area contributed by atoms with Crippen LogP contribution in [-0.4, -0.2) is 64.4 Å². The third-order valence-electron chi connectivity index (χ3n) is 4.22. The highest BCUT2D eigenvalue weighted by Gasteiger charge is 2.35. The van der Waals surface area contributed by atoms with Gasteiger partial charge in [-0.15, -0.1) is 0 Å². The Morgan fingerprint density at radius 2 is 2.22 bits per heavy atom. The maximum Gasteiger partial charge on any atom is 0.293 e. The molecule has 3 amide bonds. The van der Waals surface area contributed by atoms with E-state index in [-0.39, 0.29) is 24.9 Å². The van der Waals surface area contributed by atoms with Gasteiger partial charge in [0.25, 0.3) is 11.1 Å². The van der Waals surface area contributed by atoms with Crippen LogP contribution in [0.3, 0.4) is 0 Å². The number of thioether (sulfide) groups is 2. The SMILES string of the molecule is COc1cccc(/C=C2/SC(=O)N(CCC(=O)N[C@@H]3CSC[C@@H]3O)C2=O)c1. The summed E-state index contributed by atoms with van der Waals surface area (Å²) in [6, 6.07) is 6.91. The number of imide groups is 1. The van der Waals surface area contributed by atoms with Gasteiger partial charge in [0, 0.05) is 24.5 Å². The van der Waals surface area contributed by atoms with Crippen LogP contribution in [0.2, 0.25) is 0 Å². The molecule has 0 bridgehead atoms. The third-order valence-corrected chi connectivity index (χ3v) is 6.30. The number of rotatable bonds is 6. The monoisotopic (exact) mass is 408 g/mol. The number of hydrogen-bond donors (Lipinski definition) is 2. The van der Waals surface area contributed by atoms with Gasteiger partial charge < -0.3 is 15.2 Å². The summed E-state index contributed by atoms with van der Waals surface area (Å²) in [5.74, 6) is 1.24. The highest BCUT2D eigenvalue weighted by atomic mass is 32.2. The topological polar surface area (TPSA) is 95.9 Å². The number of aliphatic hydroxyl groups is 1. The second-order valence-electron chi connectivity index (χ2n) is 6.14. The molecule has 2 N–H and O–H groups in total. The largest absolute Gasteiger partial charge is 0.497 e. The lowest BCUT2D eigenvalue weighted by Gasteiger charge is -2.17. The number of nitrogens with one attached hydrogen (secondary N) is 1. The molecule has 2 heterocycles. The third kappa shape index (κ3) is 4.85. The average Bonchev–Trinajstić information content (AvgIpc) is 3.16. The summed E-state index contributed by atoms with van der Waals surface area (Å²) in [6.07, 6.45) is 1.10. The molecule has 0 saturated carbocycles. The Morgan fingerprint density at radius 1 is 1.41 bits per heavy atom. The lowest BCUT2D eigenvalue weighted by atomic mass is 10.2. The number of aliphatic hydroxyl groups excluding tert-OH is 1. The number of carbonyl (C=O) groups excluding carboxylic acids is 3. The van der Waals surface area contributed by atoms with E-state index in [9.17, 15) is 19.5 Å². The van der Waals surface area contributed by atoms with E-state index in [0.717, 1.165) is 22.2 Å². The number of methoxy groups -OCH3 is 1. The number of nitrogens with zero attached hydrogens (tertiary/aromatic N) is 1. The van der Waals surface area contributed by atoms with Crippen LogP contribution < -0.4 is 10.1 Å². The molecule has 3 rings (SSSR count). The van der Waals surface area contributed by atoms with Crippen molar-refractivity contribution < 1.29 is 24.2 Å². The van der Waals surface area contributed by atoms with Crippen molar-refractivity contribution in [3.8, 4) is 5.75 Å². The molecule has 1 aromatic rings.